The molecule has 2 aromatic heterocycles. The molecule has 9 heteroatoms. The van der Waals surface area contributed by atoms with E-state index in [2.05, 4.69) is 27.5 Å². The largest absolute Gasteiger partial charge is 0.392 e. The van der Waals surface area contributed by atoms with E-state index in [-0.39, 0.29) is 17.4 Å². The maximum Gasteiger partial charge on any atom is 0.326 e. The molecule has 3 aromatic rings. The summed E-state index contributed by atoms with van der Waals surface area (Å²) < 4.78 is 1.91. The highest BCUT2D eigenvalue weighted by molar-refractivity contribution is 5.96. The summed E-state index contributed by atoms with van der Waals surface area (Å²) in [5.74, 6) is -0.253. The Kier molecular flexibility index (Phi) is 5.03. The second kappa shape index (κ2) is 7.78. The maximum absolute atomic E-state index is 12.4. The minimum absolute atomic E-state index is 0.0628. The molecule has 9 nitrogen and oxygen atoms in total. The predicted octanol–water partition coefficient (Wildman–Crippen LogP) is 0.956. The lowest BCUT2D eigenvalue weighted by Gasteiger charge is -2.13. The Hall–Kier alpha value is -3.62. The molecule has 0 spiro atoms. The summed E-state index contributed by atoms with van der Waals surface area (Å²) in [6, 6.07) is 10.1. The van der Waals surface area contributed by atoms with Crippen molar-refractivity contribution in [3.8, 4) is 0 Å². The summed E-state index contributed by atoms with van der Waals surface area (Å²) in [5, 5.41) is 7.32. The number of anilines is 1. The van der Waals surface area contributed by atoms with Crippen LogP contribution in [0.15, 0.2) is 52.3 Å². The molecule has 1 aliphatic rings. The number of nitrogen functional groups attached to an aromatic ring is 1. The monoisotopic (exact) mass is 394 g/mol. The number of aromatic nitrogens is 4. The number of nitrogens with one attached hydrogen (secondary N) is 3. The van der Waals surface area contributed by atoms with Crippen LogP contribution in [0, 0.1) is 0 Å². The SMILES string of the molecule is Nc1c(C(=O)NC2CCC(c3cnn(Cc4ccccc4)c3)C2)[nH]c(=O)[nH]c1=O. The molecule has 2 unspecified atom stereocenters. The smallest absolute Gasteiger partial charge is 0.326 e. The zero-order chi connectivity index (χ0) is 20.4. The van der Waals surface area contributed by atoms with E-state index in [0.29, 0.717) is 12.5 Å². The molecule has 0 radical (unpaired) electrons. The quantitative estimate of drug-likeness (QED) is 0.510. The highest BCUT2D eigenvalue weighted by Crippen LogP contribution is 2.34. The maximum atomic E-state index is 12.4. The standard InChI is InChI=1S/C20H22N6O3/c21-16-17(24-20(29)25-18(16)27)19(28)23-15-7-6-13(8-15)14-9-22-26(11-14)10-12-4-2-1-3-5-12/h1-5,9,11,13,15H,6-8,10,21H2,(H,23,28)(H2,24,25,27,29). The zero-order valence-electron chi connectivity index (χ0n) is 15.7. The molecule has 150 valence electrons. The van der Waals surface area contributed by atoms with Crippen LogP contribution in [-0.2, 0) is 6.54 Å². The van der Waals surface area contributed by atoms with Crippen molar-refractivity contribution in [3.63, 3.8) is 0 Å². The van der Waals surface area contributed by atoms with Crippen molar-refractivity contribution in [2.75, 3.05) is 5.73 Å². The van der Waals surface area contributed by atoms with Crippen LogP contribution in [0.5, 0.6) is 0 Å². The van der Waals surface area contributed by atoms with Crippen molar-refractivity contribution in [2.45, 2.75) is 37.8 Å². The molecule has 4 rings (SSSR count). The van der Waals surface area contributed by atoms with Gasteiger partial charge in [-0.2, -0.15) is 5.10 Å². The van der Waals surface area contributed by atoms with Crippen molar-refractivity contribution in [2.24, 2.45) is 0 Å². The summed E-state index contributed by atoms with van der Waals surface area (Å²) in [5.41, 5.74) is 5.93. The van der Waals surface area contributed by atoms with E-state index in [4.69, 9.17) is 5.73 Å². The Bertz CT molecular complexity index is 1130. The van der Waals surface area contributed by atoms with E-state index in [1.807, 2.05) is 40.3 Å². The van der Waals surface area contributed by atoms with Gasteiger partial charge in [0, 0.05) is 12.2 Å². The van der Waals surface area contributed by atoms with E-state index in [1.165, 1.54) is 5.56 Å². The molecule has 0 aliphatic heterocycles. The third-order valence-corrected chi connectivity index (χ3v) is 5.29. The van der Waals surface area contributed by atoms with Crippen LogP contribution in [0.2, 0.25) is 0 Å². The molecule has 1 fully saturated rings. The van der Waals surface area contributed by atoms with E-state index >= 15 is 0 Å². The van der Waals surface area contributed by atoms with E-state index < -0.39 is 17.2 Å². The van der Waals surface area contributed by atoms with Gasteiger partial charge in [0.2, 0.25) is 0 Å². The van der Waals surface area contributed by atoms with Crippen LogP contribution < -0.4 is 22.3 Å². The fourth-order valence-corrected chi connectivity index (χ4v) is 3.80. The van der Waals surface area contributed by atoms with Gasteiger partial charge in [-0.15, -0.1) is 0 Å². The Labute approximate surface area is 166 Å². The zero-order valence-corrected chi connectivity index (χ0v) is 15.7. The lowest BCUT2D eigenvalue weighted by Crippen LogP contribution is -2.37. The Morgan fingerprint density at radius 3 is 2.79 bits per heavy atom. The first-order chi connectivity index (χ1) is 14.0. The van der Waals surface area contributed by atoms with Crippen molar-refractivity contribution in [1.29, 1.82) is 0 Å². The van der Waals surface area contributed by atoms with Gasteiger partial charge in [-0.25, -0.2) is 4.79 Å². The summed E-state index contributed by atoms with van der Waals surface area (Å²) >= 11 is 0. The number of hydrogen-bond acceptors (Lipinski definition) is 5. The molecule has 2 heterocycles. The first kappa shape index (κ1) is 18.7. The number of nitrogens with zero attached hydrogens (tertiary/aromatic N) is 2. The Balaban J connectivity index is 1.39. The van der Waals surface area contributed by atoms with Crippen LogP contribution in [0.1, 0.15) is 46.8 Å². The summed E-state index contributed by atoms with van der Waals surface area (Å²) in [4.78, 5) is 39.7. The third-order valence-electron chi connectivity index (χ3n) is 5.29. The van der Waals surface area contributed by atoms with Crippen LogP contribution in [-0.4, -0.2) is 31.7 Å². The third kappa shape index (κ3) is 4.13. The first-order valence-electron chi connectivity index (χ1n) is 9.49. The molecule has 29 heavy (non-hydrogen) atoms. The van der Waals surface area contributed by atoms with Gasteiger partial charge in [0.05, 0.1) is 12.7 Å². The lowest BCUT2D eigenvalue weighted by atomic mass is 10.0. The molecule has 0 bridgehead atoms. The molecule has 1 aliphatic carbocycles. The van der Waals surface area contributed by atoms with Gasteiger partial charge in [0.1, 0.15) is 11.4 Å². The van der Waals surface area contributed by atoms with E-state index in [1.54, 1.807) is 0 Å². The number of benzene rings is 1. The normalized spacial score (nSPS) is 18.6. The van der Waals surface area contributed by atoms with E-state index in [0.717, 1.165) is 24.8 Å². The number of amides is 1. The molecule has 1 amide bonds. The van der Waals surface area contributed by atoms with Crippen LogP contribution >= 0.6 is 0 Å². The van der Waals surface area contributed by atoms with Gasteiger partial charge in [-0.05, 0) is 36.3 Å². The second-order valence-corrected chi connectivity index (χ2v) is 7.33. The molecule has 0 saturated heterocycles. The molecular formula is C20H22N6O3. The van der Waals surface area contributed by atoms with Gasteiger partial charge in [0.15, 0.2) is 0 Å². The Morgan fingerprint density at radius 1 is 1.21 bits per heavy atom. The number of rotatable bonds is 5. The lowest BCUT2D eigenvalue weighted by molar-refractivity contribution is 0.0933. The topological polar surface area (TPSA) is 139 Å². The number of nitrogens with two attached hydrogens (primary N) is 1. The van der Waals surface area contributed by atoms with Crippen LogP contribution in [0.3, 0.4) is 0 Å². The van der Waals surface area contributed by atoms with Gasteiger partial charge in [-0.1, -0.05) is 30.3 Å². The summed E-state index contributed by atoms with van der Waals surface area (Å²) in [7, 11) is 0. The molecule has 1 saturated carbocycles. The van der Waals surface area contributed by atoms with Crippen molar-refractivity contribution in [1.82, 2.24) is 25.1 Å². The van der Waals surface area contributed by atoms with Crippen LogP contribution in [0.25, 0.3) is 0 Å². The van der Waals surface area contributed by atoms with Crippen molar-refractivity contribution < 1.29 is 4.79 Å². The minimum atomic E-state index is -0.769. The highest BCUT2D eigenvalue weighted by Gasteiger charge is 2.29. The number of aromatic amines is 2. The van der Waals surface area contributed by atoms with Gasteiger partial charge < -0.3 is 16.0 Å². The van der Waals surface area contributed by atoms with Crippen LogP contribution in [0.4, 0.5) is 5.69 Å². The summed E-state index contributed by atoms with van der Waals surface area (Å²) in [6.07, 6.45) is 6.41. The van der Waals surface area contributed by atoms with Gasteiger partial charge in [-0.3, -0.25) is 19.3 Å². The molecule has 2 atom stereocenters. The minimum Gasteiger partial charge on any atom is -0.392 e. The highest BCUT2D eigenvalue weighted by atomic mass is 16.2. The van der Waals surface area contributed by atoms with Gasteiger partial charge in [0.25, 0.3) is 11.5 Å². The average molecular weight is 394 g/mol. The predicted molar refractivity (Wildman–Crippen MR) is 108 cm³/mol. The number of carbonyl (C=O) groups is 1. The fraction of sp³-hybridized carbons (Fsp3) is 0.300. The second-order valence-electron chi connectivity index (χ2n) is 7.33. The first-order valence-corrected chi connectivity index (χ1v) is 9.49. The number of hydrogen-bond donors (Lipinski definition) is 4. The summed E-state index contributed by atoms with van der Waals surface area (Å²) in [6.45, 7) is 0.711. The average Bonchev–Trinajstić information content (AvgIpc) is 3.35. The Morgan fingerprint density at radius 2 is 2.00 bits per heavy atom. The van der Waals surface area contributed by atoms with E-state index in [9.17, 15) is 14.4 Å². The van der Waals surface area contributed by atoms with Crippen molar-refractivity contribution in [3.05, 3.63) is 80.4 Å². The van der Waals surface area contributed by atoms with Crippen molar-refractivity contribution >= 4 is 11.6 Å². The molecule has 1 aromatic carbocycles. The fourth-order valence-electron chi connectivity index (χ4n) is 3.80. The number of H-pyrrole nitrogens is 2. The molecular weight excluding hydrogens is 372 g/mol. The molecule has 5 N–H and O–H groups in total. The van der Waals surface area contributed by atoms with Gasteiger partial charge >= 0.3 is 5.69 Å². The number of carbonyl (C=O) groups excluding carboxylic acids is 1.